The van der Waals surface area contributed by atoms with Gasteiger partial charge in [-0.25, -0.2) is 14.4 Å². The number of carboxylic acid groups (broad SMARTS) is 3. The molecule has 1 amide bonds. The number of benzene rings is 4. The van der Waals surface area contributed by atoms with Gasteiger partial charge in [0.2, 0.25) is 6.79 Å². The molecule has 3 aliphatic rings. The summed E-state index contributed by atoms with van der Waals surface area (Å²) in [7, 11) is 0. The summed E-state index contributed by atoms with van der Waals surface area (Å²) >= 11 is 0. The fourth-order valence-corrected chi connectivity index (χ4v) is 6.86. The zero-order valence-corrected chi connectivity index (χ0v) is 27.9. The Bertz CT molecular complexity index is 2130. The number of fused-ring (bicyclic) bond motifs is 3. The normalized spacial score (nSPS) is 19.6. The van der Waals surface area contributed by atoms with E-state index in [0.29, 0.717) is 29.9 Å². The van der Waals surface area contributed by atoms with E-state index in [1.165, 1.54) is 4.90 Å². The number of rotatable bonds is 12. The van der Waals surface area contributed by atoms with E-state index in [2.05, 4.69) is 0 Å². The van der Waals surface area contributed by atoms with Crippen molar-refractivity contribution >= 4 is 46.0 Å². The van der Waals surface area contributed by atoms with Gasteiger partial charge in [-0.1, -0.05) is 66.7 Å². The highest BCUT2D eigenvalue weighted by molar-refractivity contribution is 6.03. The topological polar surface area (TPSA) is 181 Å². The van der Waals surface area contributed by atoms with Gasteiger partial charge in [-0.3, -0.25) is 9.79 Å². The molecule has 266 valence electrons. The summed E-state index contributed by atoms with van der Waals surface area (Å²) in [5.74, 6) is -9.68. The second-order valence-corrected chi connectivity index (χ2v) is 12.8. The Kier molecular flexibility index (Phi) is 9.22. The molecule has 0 spiro atoms. The third-order valence-corrected chi connectivity index (χ3v) is 9.59. The summed E-state index contributed by atoms with van der Waals surface area (Å²) in [5, 5.41) is 31.4. The summed E-state index contributed by atoms with van der Waals surface area (Å²) < 4.78 is 21.5. The monoisotopic (exact) mass is 706 g/mol. The predicted molar refractivity (Wildman–Crippen MR) is 186 cm³/mol. The van der Waals surface area contributed by atoms with Crippen LogP contribution in [0.25, 0.3) is 10.8 Å². The quantitative estimate of drug-likeness (QED) is 0.167. The number of hydrogen-bond acceptors (Lipinski definition) is 9. The van der Waals surface area contributed by atoms with E-state index in [1.54, 1.807) is 13.0 Å². The first kappa shape index (κ1) is 34.4. The van der Waals surface area contributed by atoms with Crippen LogP contribution in [0.3, 0.4) is 0 Å². The molecule has 0 aliphatic carbocycles. The highest BCUT2D eigenvalue weighted by Gasteiger charge is 2.64. The van der Waals surface area contributed by atoms with Crippen molar-refractivity contribution < 1.29 is 53.4 Å². The SMILES string of the molecule is C[C@H]([C@H](C/C=C/C1=Nc2ccccc2C1)c1ccc2c(c1)OCO2)N(Cc1ccc2ccccc2c1)C(=O)[C@H]1OC(C(=O)O)(C(=O)O)O[C@H]1C(=O)O. The van der Waals surface area contributed by atoms with E-state index >= 15 is 0 Å². The first-order chi connectivity index (χ1) is 25.0. The predicted octanol–water partition coefficient (Wildman–Crippen LogP) is 5.08. The van der Waals surface area contributed by atoms with Crippen LogP contribution in [0.5, 0.6) is 11.5 Å². The number of hydrogen-bond donors (Lipinski definition) is 3. The van der Waals surface area contributed by atoms with Crippen molar-refractivity contribution in [2.45, 2.75) is 56.3 Å². The van der Waals surface area contributed by atoms with Gasteiger partial charge in [-0.2, -0.15) is 0 Å². The molecule has 13 heteroatoms. The number of nitrogens with zero attached hydrogens (tertiary/aromatic N) is 2. The van der Waals surface area contributed by atoms with Crippen molar-refractivity contribution in [2.24, 2.45) is 4.99 Å². The lowest BCUT2D eigenvalue weighted by Crippen LogP contribution is -2.51. The smallest absolute Gasteiger partial charge is 0.377 e. The van der Waals surface area contributed by atoms with Crippen LogP contribution in [-0.2, 0) is 41.6 Å². The lowest BCUT2D eigenvalue weighted by Gasteiger charge is -2.37. The Morgan fingerprint density at radius 1 is 0.865 bits per heavy atom. The van der Waals surface area contributed by atoms with Crippen molar-refractivity contribution in [1.29, 1.82) is 0 Å². The average Bonchev–Trinajstić information content (AvgIpc) is 3.89. The van der Waals surface area contributed by atoms with Crippen LogP contribution in [0.2, 0.25) is 0 Å². The summed E-state index contributed by atoms with van der Waals surface area (Å²) in [6.45, 7) is 1.78. The van der Waals surface area contributed by atoms with E-state index in [9.17, 15) is 34.5 Å². The van der Waals surface area contributed by atoms with Gasteiger partial charge in [0.15, 0.2) is 23.7 Å². The summed E-state index contributed by atoms with van der Waals surface area (Å²) in [5.41, 5.74) is 4.34. The second kappa shape index (κ2) is 13.9. The number of aliphatic imine (C=N–C) groups is 1. The van der Waals surface area contributed by atoms with Crippen molar-refractivity contribution in [3.8, 4) is 11.5 Å². The molecule has 13 nitrogen and oxygen atoms in total. The van der Waals surface area contributed by atoms with Crippen LogP contribution in [0.15, 0.2) is 102 Å². The molecule has 1 fully saturated rings. The third kappa shape index (κ3) is 6.47. The number of para-hydroxylation sites is 1. The average molecular weight is 707 g/mol. The van der Waals surface area contributed by atoms with Crippen molar-refractivity contribution in [3.63, 3.8) is 0 Å². The van der Waals surface area contributed by atoms with Gasteiger partial charge in [0, 0.05) is 30.6 Å². The molecule has 0 radical (unpaired) electrons. The van der Waals surface area contributed by atoms with Gasteiger partial charge < -0.3 is 39.2 Å². The Balaban J connectivity index is 1.27. The fraction of sp³-hybridized carbons (Fsp3) is 0.256. The largest absolute Gasteiger partial charge is 0.479 e. The van der Waals surface area contributed by atoms with Crippen LogP contribution in [-0.4, -0.2) is 80.6 Å². The summed E-state index contributed by atoms with van der Waals surface area (Å²) in [6.07, 6.45) is 0.614. The van der Waals surface area contributed by atoms with E-state index in [1.807, 2.05) is 91.0 Å². The van der Waals surface area contributed by atoms with Crippen LogP contribution < -0.4 is 9.47 Å². The maximum absolute atomic E-state index is 14.6. The number of amides is 1. The standard InChI is InChI=1S/C39H34N2O11/c1-22(29(26-15-16-31-32(19-26)50-21-49-31)11-6-10-28-18-27-9-4-5-12-30(27)40-28)41(20-23-13-14-24-7-2-3-8-25(24)17-23)35(42)33-34(36(43)44)52-39(51-33,37(45)46)38(47)48/h2-10,12-17,19,22,29,33-34H,11,18,20-21H2,1H3,(H,43,44)(H,45,46)(H,47,48)/b10-6+/t22-,29+,33+,34-/m1/s1. The molecular formula is C39H34N2O11. The zero-order valence-electron chi connectivity index (χ0n) is 27.9. The number of carboxylic acids is 3. The minimum atomic E-state index is -3.40. The lowest BCUT2D eigenvalue weighted by molar-refractivity contribution is -0.221. The molecule has 0 bridgehead atoms. The molecule has 0 saturated carbocycles. The van der Waals surface area contributed by atoms with Crippen LogP contribution in [0.4, 0.5) is 5.69 Å². The molecule has 3 N–H and O–H groups in total. The molecule has 1 saturated heterocycles. The molecule has 4 atom stereocenters. The minimum absolute atomic E-state index is 0.0520. The van der Waals surface area contributed by atoms with Crippen molar-refractivity contribution in [1.82, 2.24) is 4.90 Å². The lowest BCUT2D eigenvalue weighted by atomic mass is 9.87. The number of allylic oxidation sites excluding steroid dienone is 2. The Hall–Kier alpha value is -6.05. The molecule has 3 aliphatic heterocycles. The van der Waals surface area contributed by atoms with Gasteiger partial charge in [0.05, 0.1) is 5.69 Å². The minimum Gasteiger partial charge on any atom is -0.479 e. The maximum Gasteiger partial charge on any atom is 0.377 e. The first-order valence-electron chi connectivity index (χ1n) is 16.6. The van der Waals surface area contributed by atoms with E-state index in [4.69, 9.17) is 23.9 Å². The van der Waals surface area contributed by atoms with Crippen LogP contribution in [0, 0.1) is 0 Å². The number of ether oxygens (including phenoxy) is 4. The van der Waals surface area contributed by atoms with Crippen molar-refractivity contribution in [3.05, 3.63) is 114 Å². The number of carbonyl (C=O) groups is 4. The van der Waals surface area contributed by atoms with E-state index in [0.717, 1.165) is 33.3 Å². The Morgan fingerprint density at radius 2 is 1.58 bits per heavy atom. The number of carbonyl (C=O) groups excluding carboxylic acids is 1. The second-order valence-electron chi connectivity index (χ2n) is 12.8. The number of aliphatic carboxylic acids is 3. The maximum atomic E-state index is 14.6. The molecule has 52 heavy (non-hydrogen) atoms. The van der Waals surface area contributed by atoms with Gasteiger partial charge in [0.1, 0.15) is 0 Å². The van der Waals surface area contributed by atoms with E-state index in [-0.39, 0.29) is 13.3 Å². The third-order valence-electron chi connectivity index (χ3n) is 9.59. The highest BCUT2D eigenvalue weighted by atomic mass is 16.8. The van der Waals surface area contributed by atoms with Crippen LogP contribution >= 0.6 is 0 Å². The fourth-order valence-electron chi connectivity index (χ4n) is 6.86. The van der Waals surface area contributed by atoms with Gasteiger partial charge >= 0.3 is 23.7 Å². The van der Waals surface area contributed by atoms with Crippen molar-refractivity contribution in [2.75, 3.05) is 6.79 Å². The van der Waals surface area contributed by atoms with Gasteiger partial charge in [-0.05, 0) is 71.1 Å². The molecule has 0 unspecified atom stereocenters. The molecular weight excluding hydrogens is 672 g/mol. The zero-order chi connectivity index (χ0) is 36.6. The Morgan fingerprint density at radius 3 is 2.33 bits per heavy atom. The molecule has 4 aromatic carbocycles. The highest BCUT2D eigenvalue weighted by Crippen LogP contribution is 2.39. The summed E-state index contributed by atoms with van der Waals surface area (Å²) in [6, 6.07) is 25.9. The van der Waals surface area contributed by atoms with Crippen LogP contribution in [0.1, 0.15) is 36.0 Å². The molecule has 3 heterocycles. The molecule has 0 aromatic heterocycles. The van der Waals surface area contributed by atoms with Gasteiger partial charge in [-0.15, -0.1) is 0 Å². The molecule has 7 rings (SSSR count). The summed E-state index contributed by atoms with van der Waals surface area (Å²) in [4.78, 5) is 57.3. The molecule has 4 aromatic rings. The first-order valence-corrected chi connectivity index (χ1v) is 16.6. The Labute approximate surface area is 297 Å². The van der Waals surface area contributed by atoms with Gasteiger partial charge in [0.25, 0.3) is 5.91 Å². The van der Waals surface area contributed by atoms with E-state index < -0.39 is 53.8 Å².